The van der Waals surface area contributed by atoms with Crippen LogP contribution in [0, 0.1) is 12.8 Å². The highest BCUT2D eigenvalue weighted by Gasteiger charge is 2.14. The Hall–Kier alpha value is -1.60. The molecule has 1 atom stereocenters. The molecule has 0 aromatic heterocycles. The summed E-state index contributed by atoms with van der Waals surface area (Å²) in [5.74, 6) is 0.691. The summed E-state index contributed by atoms with van der Waals surface area (Å²) in [6.45, 7) is 6.71. The SMILES string of the molecule is CNC(c1cccc(CC(C)C)c1)c1ccccc1C. The summed E-state index contributed by atoms with van der Waals surface area (Å²) >= 11 is 0. The van der Waals surface area contributed by atoms with Gasteiger partial charge in [0.1, 0.15) is 0 Å². The van der Waals surface area contributed by atoms with Crippen molar-refractivity contribution in [2.45, 2.75) is 33.2 Å². The van der Waals surface area contributed by atoms with Gasteiger partial charge in [0, 0.05) is 0 Å². The minimum absolute atomic E-state index is 0.267. The molecule has 1 unspecified atom stereocenters. The summed E-state index contributed by atoms with van der Waals surface area (Å²) in [6.07, 6.45) is 1.14. The van der Waals surface area contributed by atoms with E-state index in [1.54, 1.807) is 0 Å². The molecule has 0 spiro atoms. The molecule has 0 amide bonds. The molecular weight excluding hydrogens is 242 g/mol. The largest absolute Gasteiger partial charge is 0.309 e. The van der Waals surface area contributed by atoms with Crippen LogP contribution in [-0.2, 0) is 6.42 Å². The minimum Gasteiger partial charge on any atom is -0.309 e. The van der Waals surface area contributed by atoms with Gasteiger partial charge in [0.15, 0.2) is 0 Å². The van der Waals surface area contributed by atoms with Crippen molar-refractivity contribution in [1.29, 1.82) is 0 Å². The Bertz CT molecular complexity index is 557. The summed E-state index contributed by atoms with van der Waals surface area (Å²) in [6, 6.07) is 17.8. The fraction of sp³-hybridized carbons (Fsp3) is 0.368. The highest BCUT2D eigenvalue weighted by atomic mass is 14.9. The molecule has 0 heterocycles. The third-order valence-electron chi connectivity index (χ3n) is 3.72. The van der Waals surface area contributed by atoms with Crippen LogP contribution < -0.4 is 5.32 Å². The van der Waals surface area contributed by atoms with E-state index in [4.69, 9.17) is 0 Å². The summed E-state index contributed by atoms with van der Waals surface area (Å²) in [7, 11) is 2.03. The fourth-order valence-electron chi connectivity index (χ4n) is 2.78. The lowest BCUT2D eigenvalue weighted by atomic mass is 9.92. The predicted octanol–water partition coefficient (Wildman–Crippen LogP) is 4.50. The average molecular weight is 267 g/mol. The molecule has 106 valence electrons. The molecule has 0 fully saturated rings. The van der Waals surface area contributed by atoms with Crippen molar-refractivity contribution in [2.75, 3.05) is 7.05 Å². The maximum absolute atomic E-state index is 3.46. The van der Waals surface area contributed by atoms with Gasteiger partial charge in [-0.3, -0.25) is 0 Å². The van der Waals surface area contributed by atoms with Crippen LogP contribution in [-0.4, -0.2) is 7.05 Å². The first-order chi connectivity index (χ1) is 9.61. The second-order valence-electron chi connectivity index (χ2n) is 5.92. The van der Waals surface area contributed by atoms with Gasteiger partial charge in [-0.25, -0.2) is 0 Å². The minimum atomic E-state index is 0.267. The molecule has 20 heavy (non-hydrogen) atoms. The molecule has 1 nitrogen and oxygen atoms in total. The average Bonchev–Trinajstić information content (AvgIpc) is 2.41. The zero-order chi connectivity index (χ0) is 14.5. The van der Waals surface area contributed by atoms with E-state index in [1.807, 2.05) is 7.05 Å². The molecule has 0 saturated carbocycles. The monoisotopic (exact) mass is 267 g/mol. The zero-order valence-corrected chi connectivity index (χ0v) is 13.0. The van der Waals surface area contributed by atoms with E-state index >= 15 is 0 Å². The lowest BCUT2D eigenvalue weighted by molar-refractivity contribution is 0.642. The third kappa shape index (κ3) is 3.49. The standard InChI is InChI=1S/C19H25N/c1-14(2)12-16-9-7-10-17(13-16)19(20-4)18-11-6-5-8-15(18)3/h5-11,13-14,19-20H,12H2,1-4H3. The van der Waals surface area contributed by atoms with Gasteiger partial charge in [-0.05, 0) is 48.6 Å². The topological polar surface area (TPSA) is 12.0 Å². The predicted molar refractivity (Wildman–Crippen MR) is 87.1 cm³/mol. The number of aryl methyl sites for hydroxylation is 1. The van der Waals surface area contributed by atoms with Crippen LogP contribution in [0.3, 0.4) is 0 Å². The number of benzene rings is 2. The molecule has 1 heteroatoms. The lowest BCUT2D eigenvalue weighted by Gasteiger charge is -2.20. The van der Waals surface area contributed by atoms with Gasteiger partial charge >= 0.3 is 0 Å². The second-order valence-corrected chi connectivity index (χ2v) is 5.92. The maximum atomic E-state index is 3.46. The van der Waals surface area contributed by atoms with Crippen molar-refractivity contribution in [3.05, 3.63) is 70.8 Å². The number of hydrogen-bond acceptors (Lipinski definition) is 1. The van der Waals surface area contributed by atoms with E-state index in [9.17, 15) is 0 Å². The van der Waals surface area contributed by atoms with Crippen LogP contribution in [0.4, 0.5) is 0 Å². The molecule has 0 bridgehead atoms. The Labute approximate surface area is 123 Å². The van der Waals surface area contributed by atoms with E-state index in [0.29, 0.717) is 5.92 Å². The Morgan fingerprint density at radius 2 is 1.75 bits per heavy atom. The van der Waals surface area contributed by atoms with Gasteiger partial charge in [0.25, 0.3) is 0 Å². The Kier molecular flexibility index (Phi) is 4.97. The van der Waals surface area contributed by atoms with Crippen molar-refractivity contribution in [3.8, 4) is 0 Å². The second kappa shape index (κ2) is 6.71. The van der Waals surface area contributed by atoms with E-state index in [1.165, 1.54) is 22.3 Å². The van der Waals surface area contributed by atoms with Crippen LogP contribution in [0.5, 0.6) is 0 Å². The maximum Gasteiger partial charge on any atom is 0.0576 e. The number of hydrogen-bond donors (Lipinski definition) is 1. The van der Waals surface area contributed by atoms with Crippen molar-refractivity contribution in [3.63, 3.8) is 0 Å². The van der Waals surface area contributed by atoms with Crippen LogP contribution in [0.25, 0.3) is 0 Å². The molecule has 0 aliphatic rings. The molecule has 2 aromatic carbocycles. The van der Waals surface area contributed by atoms with Crippen LogP contribution in [0.1, 0.15) is 42.1 Å². The summed E-state index contributed by atoms with van der Waals surface area (Å²) in [5.41, 5.74) is 5.46. The molecule has 2 aromatic rings. The summed E-state index contributed by atoms with van der Waals surface area (Å²) < 4.78 is 0. The highest BCUT2D eigenvalue weighted by molar-refractivity contribution is 5.38. The lowest BCUT2D eigenvalue weighted by Crippen LogP contribution is -2.18. The van der Waals surface area contributed by atoms with Crippen molar-refractivity contribution >= 4 is 0 Å². The molecule has 2 rings (SSSR count). The van der Waals surface area contributed by atoms with Crippen molar-refractivity contribution in [2.24, 2.45) is 5.92 Å². The van der Waals surface area contributed by atoms with Gasteiger partial charge < -0.3 is 5.32 Å². The quantitative estimate of drug-likeness (QED) is 0.841. The van der Waals surface area contributed by atoms with Gasteiger partial charge in [-0.1, -0.05) is 62.4 Å². The van der Waals surface area contributed by atoms with E-state index in [0.717, 1.165) is 6.42 Å². The Morgan fingerprint density at radius 1 is 1.00 bits per heavy atom. The molecule has 0 aliphatic carbocycles. The fourth-order valence-corrected chi connectivity index (χ4v) is 2.78. The summed E-state index contributed by atoms with van der Waals surface area (Å²) in [4.78, 5) is 0. The molecular formula is C19H25N. The third-order valence-corrected chi connectivity index (χ3v) is 3.72. The van der Waals surface area contributed by atoms with Crippen LogP contribution in [0.2, 0.25) is 0 Å². The number of rotatable bonds is 5. The smallest absolute Gasteiger partial charge is 0.0576 e. The Balaban J connectivity index is 2.35. The van der Waals surface area contributed by atoms with Gasteiger partial charge in [-0.15, -0.1) is 0 Å². The molecule has 0 saturated heterocycles. The Morgan fingerprint density at radius 3 is 2.40 bits per heavy atom. The number of nitrogens with one attached hydrogen (secondary N) is 1. The first kappa shape index (κ1) is 14.8. The molecule has 1 N–H and O–H groups in total. The van der Waals surface area contributed by atoms with Crippen molar-refractivity contribution in [1.82, 2.24) is 5.32 Å². The van der Waals surface area contributed by atoms with Gasteiger partial charge in [0.05, 0.1) is 6.04 Å². The van der Waals surface area contributed by atoms with Crippen LogP contribution in [0.15, 0.2) is 48.5 Å². The van der Waals surface area contributed by atoms with E-state index < -0.39 is 0 Å². The molecule has 0 radical (unpaired) electrons. The summed E-state index contributed by atoms with van der Waals surface area (Å²) in [5, 5.41) is 3.46. The first-order valence-electron chi connectivity index (χ1n) is 7.43. The normalized spacial score (nSPS) is 12.7. The van der Waals surface area contributed by atoms with Gasteiger partial charge in [0.2, 0.25) is 0 Å². The first-order valence-corrected chi connectivity index (χ1v) is 7.43. The van der Waals surface area contributed by atoms with E-state index in [2.05, 4.69) is 74.6 Å². The highest BCUT2D eigenvalue weighted by Crippen LogP contribution is 2.25. The van der Waals surface area contributed by atoms with E-state index in [-0.39, 0.29) is 6.04 Å². The molecule has 0 aliphatic heterocycles. The van der Waals surface area contributed by atoms with Crippen LogP contribution >= 0.6 is 0 Å². The van der Waals surface area contributed by atoms with Gasteiger partial charge in [-0.2, -0.15) is 0 Å². The zero-order valence-electron chi connectivity index (χ0n) is 13.0. The van der Waals surface area contributed by atoms with Crippen molar-refractivity contribution < 1.29 is 0 Å².